The van der Waals surface area contributed by atoms with Crippen LogP contribution in [0.2, 0.25) is 0 Å². The lowest BCUT2D eigenvalue weighted by atomic mass is 10.0. The lowest BCUT2D eigenvalue weighted by molar-refractivity contribution is -0.153. The topological polar surface area (TPSA) is 237 Å². The van der Waals surface area contributed by atoms with Crippen LogP contribution in [0.5, 0.6) is 5.75 Å². The van der Waals surface area contributed by atoms with E-state index in [0.717, 1.165) is 16.7 Å². The van der Waals surface area contributed by atoms with E-state index in [4.69, 9.17) is 0 Å². The first-order valence-corrected chi connectivity index (χ1v) is 15.8. The van der Waals surface area contributed by atoms with Gasteiger partial charge >= 0.3 is 23.8 Å². The highest BCUT2D eigenvalue weighted by atomic mass is 32.2. The summed E-state index contributed by atoms with van der Waals surface area (Å²) in [5.74, 6) is -5.43. The maximum absolute atomic E-state index is 13.6. The molecule has 0 spiro atoms. The third-order valence-corrected chi connectivity index (χ3v) is 10.1. The number of likely N-dealkylation sites (N-methyl/N-ethyl adjacent to an activating group) is 1. The standard InChI is InChI=1S/C25H27N9O9S2/c1-3-32-8-9-33(21(39)20(32)38)24(42)27-15(12-4-6-14(35)7-5-12)18(36)26-16-19(37)34-17(23(40)41)13(11-45(43)22(16)34)10-44-25-28-29-30-31(25)2/h4-7,15-16,22,35H,3,8-11H2,1-2H3,(H,26,36)(H,27,42)(H,40,41). The number of imide groups is 1. The predicted octanol–water partition coefficient (Wildman–Crippen LogP) is -2.10. The van der Waals surface area contributed by atoms with E-state index < -0.39 is 63.9 Å². The summed E-state index contributed by atoms with van der Waals surface area (Å²) in [7, 11) is -0.232. The van der Waals surface area contributed by atoms with Gasteiger partial charge < -0.3 is 25.7 Å². The third kappa shape index (κ3) is 5.97. The average molecular weight is 662 g/mol. The Bertz CT molecular complexity index is 1640. The molecule has 1 aromatic heterocycles. The number of fused-ring (bicyclic) bond motifs is 1. The molecule has 2 saturated heterocycles. The zero-order valence-electron chi connectivity index (χ0n) is 23.8. The van der Waals surface area contributed by atoms with Gasteiger partial charge in [-0.15, -0.1) is 5.10 Å². The molecule has 0 aliphatic carbocycles. The molecule has 4 atom stereocenters. The number of nitrogens with zero attached hydrogens (tertiary/aromatic N) is 7. The second kappa shape index (κ2) is 12.6. The molecule has 4 heterocycles. The highest BCUT2D eigenvalue weighted by molar-refractivity contribution is 7.99. The number of carboxylic acids is 1. The Labute approximate surface area is 261 Å². The number of phenolic OH excluding ortho intramolecular Hbond substituents is 1. The second-order valence-corrected chi connectivity index (χ2v) is 12.5. The van der Waals surface area contributed by atoms with Gasteiger partial charge in [0.25, 0.3) is 5.91 Å². The molecule has 3 aliphatic heterocycles. The van der Waals surface area contributed by atoms with Crippen molar-refractivity contribution < 1.29 is 43.2 Å². The van der Waals surface area contributed by atoms with Crippen molar-refractivity contribution in [2.75, 3.05) is 31.1 Å². The third-order valence-electron chi connectivity index (χ3n) is 7.35. The molecule has 45 heavy (non-hydrogen) atoms. The number of amides is 6. The van der Waals surface area contributed by atoms with Crippen LogP contribution in [0.25, 0.3) is 0 Å². The molecule has 0 saturated carbocycles. The number of carbonyl (C=O) groups excluding carboxylic acids is 5. The first-order chi connectivity index (χ1) is 21.4. The Balaban J connectivity index is 1.35. The maximum Gasteiger partial charge on any atom is 0.352 e. The molecule has 2 fully saturated rings. The lowest BCUT2D eigenvalue weighted by Gasteiger charge is -2.49. The minimum absolute atomic E-state index is 0.0395. The van der Waals surface area contributed by atoms with Gasteiger partial charge in [0.05, 0.1) is 16.6 Å². The number of aromatic nitrogens is 4. The van der Waals surface area contributed by atoms with Gasteiger partial charge in [0.2, 0.25) is 11.1 Å². The van der Waals surface area contributed by atoms with Gasteiger partial charge in [-0.3, -0.25) is 33.2 Å². The van der Waals surface area contributed by atoms with E-state index in [1.54, 1.807) is 14.0 Å². The Morgan fingerprint density at radius 3 is 2.47 bits per heavy atom. The average Bonchev–Trinajstić information content (AvgIpc) is 3.42. The molecule has 1 aromatic carbocycles. The minimum atomic E-state index is -1.82. The number of thioether (sulfide) groups is 1. The number of aromatic hydroxyl groups is 1. The van der Waals surface area contributed by atoms with Crippen molar-refractivity contribution in [2.45, 2.75) is 29.5 Å². The number of urea groups is 1. The molecule has 4 N–H and O–H groups in total. The predicted molar refractivity (Wildman–Crippen MR) is 153 cm³/mol. The van der Waals surface area contributed by atoms with E-state index in [1.807, 2.05) is 0 Å². The Morgan fingerprint density at radius 1 is 1.13 bits per heavy atom. The number of aliphatic carboxylic acids is 1. The molecule has 238 valence electrons. The number of benzene rings is 1. The molecular formula is C25H27N9O9S2. The van der Waals surface area contributed by atoms with Gasteiger partial charge in [0.15, 0.2) is 0 Å². The van der Waals surface area contributed by atoms with E-state index in [9.17, 15) is 43.2 Å². The molecule has 2 aromatic rings. The number of rotatable bonds is 9. The first-order valence-electron chi connectivity index (χ1n) is 13.4. The van der Waals surface area contributed by atoms with Crippen molar-refractivity contribution in [2.24, 2.45) is 7.05 Å². The van der Waals surface area contributed by atoms with Gasteiger partial charge in [-0.25, -0.2) is 14.3 Å². The van der Waals surface area contributed by atoms with E-state index in [2.05, 4.69) is 26.2 Å². The fraction of sp³-hybridized carbons (Fsp3) is 0.400. The lowest BCUT2D eigenvalue weighted by Crippen LogP contribution is -2.74. The van der Waals surface area contributed by atoms with Crippen LogP contribution >= 0.6 is 11.8 Å². The number of carboxylic acid groups (broad SMARTS) is 1. The van der Waals surface area contributed by atoms with Gasteiger partial charge in [-0.2, -0.15) is 0 Å². The number of carbonyl (C=O) groups is 6. The minimum Gasteiger partial charge on any atom is -0.508 e. The van der Waals surface area contributed by atoms with Crippen molar-refractivity contribution in [1.29, 1.82) is 0 Å². The van der Waals surface area contributed by atoms with Crippen LogP contribution in [0.1, 0.15) is 18.5 Å². The highest BCUT2D eigenvalue weighted by Crippen LogP contribution is 2.37. The van der Waals surface area contributed by atoms with Crippen molar-refractivity contribution in [1.82, 2.24) is 45.5 Å². The van der Waals surface area contributed by atoms with Gasteiger partial charge in [0, 0.05) is 32.4 Å². The summed E-state index contributed by atoms with van der Waals surface area (Å²) >= 11 is 1.10. The van der Waals surface area contributed by atoms with Crippen LogP contribution in [0.4, 0.5) is 4.79 Å². The molecule has 6 amide bonds. The fourth-order valence-electron chi connectivity index (χ4n) is 5.03. The molecule has 5 rings (SSSR count). The molecule has 4 unspecified atom stereocenters. The highest BCUT2D eigenvalue weighted by Gasteiger charge is 2.57. The molecule has 20 heteroatoms. The summed E-state index contributed by atoms with van der Waals surface area (Å²) in [5.41, 5.74) is 0.0250. The number of β-lactam (4-membered cyclic amide) rings is 1. The molecule has 18 nitrogen and oxygen atoms in total. The van der Waals surface area contributed by atoms with Crippen LogP contribution in [-0.4, -0.2) is 128 Å². The molecular weight excluding hydrogens is 634 g/mol. The zero-order valence-corrected chi connectivity index (χ0v) is 25.4. The Kier molecular flexibility index (Phi) is 8.87. The second-order valence-electron chi connectivity index (χ2n) is 10.1. The van der Waals surface area contributed by atoms with Crippen LogP contribution < -0.4 is 10.6 Å². The SMILES string of the molecule is CCN1CCN(C(=O)NC(C(=O)NC2C(=O)N3C(C(=O)O)=C(CSc4nnnn4C)CS(=O)C23)c2ccc(O)cc2)C(=O)C1=O. The van der Waals surface area contributed by atoms with Gasteiger partial charge in [0.1, 0.15) is 28.9 Å². The number of aryl methyl sites for hydroxylation is 1. The van der Waals surface area contributed by atoms with E-state index in [-0.39, 0.29) is 53.7 Å². The quantitative estimate of drug-likeness (QED) is 0.128. The molecule has 3 aliphatic rings. The monoisotopic (exact) mass is 661 g/mol. The van der Waals surface area contributed by atoms with Crippen molar-refractivity contribution in [3.63, 3.8) is 0 Å². The number of hydrogen-bond donors (Lipinski definition) is 4. The van der Waals surface area contributed by atoms with Crippen molar-refractivity contribution >= 4 is 58.2 Å². The summed E-state index contributed by atoms with van der Waals surface area (Å²) in [6, 6.07) is 1.21. The normalized spacial score (nSPS) is 22.1. The van der Waals surface area contributed by atoms with Crippen molar-refractivity contribution in [3.05, 3.63) is 41.1 Å². The molecule has 0 radical (unpaired) electrons. The van der Waals surface area contributed by atoms with E-state index >= 15 is 0 Å². The smallest absolute Gasteiger partial charge is 0.352 e. The fourth-order valence-corrected chi connectivity index (χ4v) is 7.71. The summed E-state index contributed by atoms with van der Waals surface area (Å²) in [6.07, 6.45) is 0. The first kappa shape index (κ1) is 31.6. The number of nitrogens with one attached hydrogen (secondary N) is 2. The van der Waals surface area contributed by atoms with Crippen LogP contribution in [0.15, 0.2) is 40.7 Å². The van der Waals surface area contributed by atoms with Gasteiger partial charge in [-0.1, -0.05) is 23.9 Å². The Hall–Kier alpha value is -4.85. The maximum atomic E-state index is 13.6. The summed E-state index contributed by atoms with van der Waals surface area (Å²) in [4.78, 5) is 79.9. The Morgan fingerprint density at radius 2 is 1.84 bits per heavy atom. The van der Waals surface area contributed by atoms with E-state index in [1.165, 1.54) is 33.8 Å². The summed E-state index contributed by atoms with van der Waals surface area (Å²) < 4.78 is 14.7. The summed E-state index contributed by atoms with van der Waals surface area (Å²) in [6.45, 7) is 1.93. The van der Waals surface area contributed by atoms with Crippen molar-refractivity contribution in [3.8, 4) is 5.75 Å². The number of piperazine rings is 1. The number of tetrazole rings is 1. The van der Waals surface area contributed by atoms with Gasteiger partial charge in [-0.05, 0) is 40.6 Å². The van der Waals surface area contributed by atoms with Crippen LogP contribution in [0, 0.1) is 0 Å². The largest absolute Gasteiger partial charge is 0.508 e. The van der Waals surface area contributed by atoms with E-state index in [0.29, 0.717) is 10.1 Å². The molecule has 0 bridgehead atoms. The number of phenols is 1. The number of hydrogen-bond acceptors (Lipinski definition) is 12. The van der Waals surface area contributed by atoms with Crippen LogP contribution in [-0.2, 0) is 41.8 Å². The van der Waals surface area contributed by atoms with Crippen LogP contribution in [0.3, 0.4) is 0 Å². The summed E-state index contributed by atoms with van der Waals surface area (Å²) in [5, 5.41) is 34.7. The zero-order chi connectivity index (χ0) is 32.6.